The topological polar surface area (TPSA) is 39.3 Å². The van der Waals surface area contributed by atoms with E-state index in [1.165, 1.54) is 4.90 Å². The average molecular weight is 272 g/mol. The first-order valence-corrected chi connectivity index (χ1v) is 7.21. The van der Waals surface area contributed by atoms with Gasteiger partial charge in [-0.25, -0.2) is 4.68 Å². The van der Waals surface area contributed by atoms with Crippen LogP contribution in [0, 0.1) is 0 Å². The Labute approximate surface area is 119 Å². The highest BCUT2D eigenvalue weighted by Crippen LogP contribution is 2.13. The number of nitrogens with one attached hydrogen (secondary N) is 1. The van der Waals surface area contributed by atoms with Gasteiger partial charge in [0, 0.05) is 11.6 Å². The van der Waals surface area contributed by atoms with Crippen LogP contribution >= 0.6 is 0 Å². The average Bonchev–Trinajstić information content (AvgIpc) is 2.51. The Bertz CT molecular complexity index is 588. The summed E-state index contributed by atoms with van der Waals surface area (Å²) in [6.45, 7) is 8.06. The molecule has 0 aliphatic rings. The molecular weight excluding hydrogens is 250 g/mol. The zero-order chi connectivity index (χ0) is 14.4. The van der Waals surface area contributed by atoms with E-state index >= 15 is 0 Å². The SMILES string of the molecule is CC[NH+](CC)CCn1nc(-c2ccccc2)ccc1=O. The van der Waals surface area contributed by atoms with Crippen LogP contribution in [0.3, 0.4) is 0 Å². The minimum absolute atomic E-state index is 0.0313. The van der Waals surface area contributed by atoms with E-state index in [4.69, 9.17) is 0 Å². The van der Waals surface area contributed by atoms with Gasteiger partial charge in [0.05, 0.1) is 31.9 Å². The van der Waals surface area contributed by atoms with Crippen LogP contribution in [-0.4, -0.2) is 29.4 Å². The Morgan fingerprint density at radius 1 is 1.05 bits per heavy atom. The molecule has 4 nitrogen and oxygen atoms in total. The first-order chi connectivity index (χ1) is 9.74. The summed E-state index contributed by atoms with van der Waals surface area (Å²) in [6, 6.07) is 13.3. The van der Waals surface area contributed by atoms with Gasteiger partial charge in [0.15, 0.2) is 0 Å². The second-order valence-electron chi connectivity index (χ2n) is 4.85. The second kappa shape index (κ2) is 7.01. The molecule has 1 aromatic carbocycles. The van der Waals surface area contributed by atoms with E-state index in [0.29, 0.717) is 6.54 Å². The highest BCUT2D eigenvalue weighted by molar-refractivity contribution is 5.57. The summed E-state index contributed by atoms with van der Waals surface area (Å²) < 4.78 is 1.58. The first-order valence-electron chi connectivity index (χ1n) is 7.21. The molecule has 0 radical (unpaired) electrons. The molecule has 20 heavy (non-hydrogen) atoms. The van der Waals surface area contributed by atoms with Crippen LogP contribution in [0.2, 0.25) is 0 Å². The van der Waals surface area contributed by atoms with Gasteiger partial charge < -0.3 is 4.90 Å². The number of benzene rings is 1. The van der Waals surface area contributed by atoms with Gasteiger partial charge in [0.1, 0.15) is 0 Å². The minimum Gasteiger partial charge on any atom is -0.334 e. The van der Waals surface area contributed by atoms with Crippen molar-refractivity contribution >= 4 is 0 Å². The molecule has 1 N–H and O–H groups in total. The van der Waals surface area contributed by atoms with Crippen LogP contribution in [0.15, 0.2) is 47.3 Å². The molecule has 0 unspecified atom stereocenters. The van der Waals surface area contributed by atoms with Crippen LogP contribution < -0.4 is 10.5 Å². The van der Waals surface area contributed by atoms with E-state index < -0.39 is 0 Å². The van der Waals surface area contributed by atoms with Crippen molar-refractivity contribution in [2.75, 3.05) is 19.6 Å². The van der Waals surface area contributed by atoms with Crippen molar-refractivity contribution in [3.63, 3.8) is 0 Å². The molecule has 0 amide bonds. The maximum Gasteiger partial charge on any atom is 0.266 e. The molecule has 1 heterocycles. The molecular formula is C16H22N3O+. The molecule has 0 saturated heterocycles. The smallest absolute Gasteiger partial charge is 0.266 e. The van der Waals surface area contributed by atoms with E-state index in [9.17, 15) is 4.79 Å². The van der Waals surface area contributed by atoms with Crippen LogP contribution in [0.25, 0.3) is 11.3 Å². The normalized spacial score (nSPS) is 10.9. The summed E-state index contributed by atoms with van der Waals surface area (Å²) in [6.07, 6.45) is 0. The summed E-state index contributed by atoms with van der Waals surface area (Å²) in [7, 11) is 0. The minimum atomic E-state index is -0.0313. The van der Waals surface area contributed by atoms with Crippen molar-refractivity contribution in [1.82, 2.24) is 9.78 Å². The molecule has 0 bridgehead atoms. The van der Waals surface area contributed by atoms with Crippen LogP contribution in [0.4, 0.5) is 0 Å². The third-order valence-corrected chi connectivity index (χ3v) is 3.61. The third-order valence-electron chi connectivity index (χ3n) is 3.61. The predicted molar refractivity (Wildman–Crippen MR) is 80.8 cm³/mol. The van der Waals surface area contributed by atoms with Crippen LogP contribution in [0.5, 0.6) is 0 Å². The lowest BCUT2D eigenvalue weighted by Gasteiger charge is -2.15. The zero-order valence-electron chi connectivity index (χ0n) is 12.2. The number of rotatable bonds is 6. The summed E-state index contributed by atoms with van der Waals surface area (Å²) >= 11 is 0. The highest BCUT2D eigenvalue weighted by atomic mass is 16.1. The maximum atomic E-state index is 11.9. The van der Waals surface area contributed by atoms with E-state index in [1.807, 2.05) is 30.3 Å². The molecule has 4 heteroatoms. The number of nitrogens with zero attached hydrogens (tertiary/aromatic N) is 2. The van der Waals surface area contributed by atoms with Crippen molar-refractivity contribution in [2.24, 2.45) is 0 Å². The van der Waals surface area contributed by atoms with E-state index in [0.717, 1.165) is 30.9 Å². The van der Waals surface area contributed by atoms with Crippen LogP contribution in [-0.2, 0) is 6.54 Å². The molecule has 0 fully saturated rings. The molecule has 0 aliphatic heterocycles. The number of hydrogen-bond acceptors (Lipinski definition) is 2. The van der Waals surface area contributed by atoms with E-state index in [2.05, 4.69) is 18.9 Å². The second-order valence-corrected chi connectivity index (χ2v) is 4.85. The Morgan fingerprint density at radius 2 is 1.75 bits per heavy atom. The van der Waals surface area contributed by atoms with Crippen molar-refractivity contribution in [3.8, 4) is 11.3 Å². The van der Waals surface area contributed by atoms with Crippen molar-refractivity contribution in [2.45, 2.75) is 20.4 Å². The summed E-state index contributed by atoms with van der Waals surface area (Å²) in [5.41, 5.74) is 1.85. The Hall–Kier alpha value is -1.94. The van der Waals surface area contributed by atoms with Gasteiger partial charge in [-0.05, 0) is 19.9 Å². The standard InChI is InChI=1S/C16H21N3O/c1-3-18(4-2)12-13-19-16(20)11-10-15(17-19)14-8-6-5-7-9-14/h5-11H,3-4,12-13H2,1-2H3/p+1. The van der Waals surface area contributed by atoms with Gasteiger partial charge in [-0.3, -0.25) is 4.79 Å². The number of likely N-dealkylation sites (N-methyl/N-ethyl adjacent to an activating group) is 1. The fourth-order valence-corrected chi connectivity index (χ4v) is 2.24. The molecule has 2 rings (SSSR count). The van der Waals surface area contributed by atoms with Crippen LogP contribution in [0.1, 0.15) is 13.8 Å². The molecule has 0 spiro atoms. The first kappa shape index (κ1) is 14.5. The Balaban J connectivity index is 2.19. The lowest BCUT2D eigenvalue weighted by atomic mass is 10.1. The van der Waals surface area contributed by atoms with Crippen molar-refractivity contribution < 1.29 is 4.90 Å². The summed E-state index contributed by atoms with van der Waals surface area (Å²) in [4.78, 5) is 13.4. The van der Waals surface area contributed by atoms with Gasteiger partial charge in [0.2, 0.25) is 0 Å². The molecule has 1 aromatic heterocycles. The lowest BCUT2D eigenvalue weighted by molar-refractivity contribution is -0.897. The Morgan fingerprint density at radius 3 is 2.40 bits per heavy atom. The maximum absolute atomic E-state index is 11.9. The molecule has 106 valence electrons. The van der Waals surface area contributed by atoms with Crippen molar-refractivity contribution in [1.29, 1.82) is 0 Å². The fraction of sp³-hybridized carbons (Fsp3) is 0.375. The van der Waals surface area contributed by atoms with Gasteiger partial charge in [-0.15, -0.1) is 0 Å². The van der Waals surface area contributed by atoms with Gasteiger partial charge in [-0.2, -0.15) is 5.10 Å². The van der Waals surface area contributed by atoms with E-state index in [-0.39, 0.29) is 5.56 Å². The lowest BCUT2D eigenvalue weighted by Crippen LogP contribution is -3.11. The summed E-state index contributed by atoms with van der Waals surface area (Å²) in [5, 5.41) is 4.47. The van der Waals surface area contributed by atoms with E-state index in [1.54, 1.807) is 16.8 Å². The van der Waals surface area contributed by atoms with Gasteiger partial charge in [0.25, 0.3) is 5.56 Å². The van der Waals surface area contributed by atoms with Gasteiger partial charge in [-0.1, -0.05) is 30.3 Å². The highest BCUT2D eigenvalue weighted by Gasteiger charge is 2.06. The summed E-state index contributed by atoms with van der Waals surface area (Å²) in [5.74, 6) is 0. The number of quaternary nitrogens is 1. The molecule has 0 aliphatic carbocycles. The monoisotopic (exact) mass is 272 g/mol. The Kier molecular flexibility index (Phi) is 5.07. The molecule has 2 aromatic rings. The largest absolute Gasteiger partial charge is 0.334 e. The molecule has 0 saturated carbocycles. The van der Waals surface area contributed by atoms with Crippen molar-refractivity contribution in [3.05, 3.63) is 52.8 Å². The molecule has 0 atom stereocenters. The predicted octanol–water partition coefficient (Wildman–Crippen LogP) is 0.835. The number of aromatic nitrogens is 2. The zero-order valence-corrected chi connectivity index (χ0v) is 12.2. The van der Waals surface area contributed by atoms with Gasteiger partial charge >= 0.3 is 0 Å². The number of hydrogen-bond donors (Lipinski definition) is 1. The fourth-order valence-electron chi connectivity index (χ4n) is 2.24. The third kappa shape index (κ3) is 3.54. The quantitative estimate of drug-likeness (QED) is 0.846.